The first-order valence-electron chi connectivity index (χ1n) is 9.84. The molecule has 6 nitrogen and oxygen atoms in total. The van der Waals surface area contributed by atoms with Gasteiger partial charge in [0, 0.05) is 45.2 Å². The van der Waals surface area contributed by atoms with Crippen molar-refractivity contribution < 1.29 is 19.4 Å². The van der Waals surface area contributed by atoms with Crippen LogP contribution in [-0.4, -0.2) is 72.7 Å². The lowest BCUT2D eigenvalue weighted by Gasteiger charge is -2.30. The Morgan fingerprint density at radius 1 is 1.15 bits per heavy atom. The monoisotopic (exact) mass is 372 g/mol. The molecule has 1 aliphatic carbocycles. The average molecular weight is 372 g/mol. The molecule has 0 radical (unpaired) electrons. The highest BCUT2D eigenvalue weighted by atomic mass is 16.5. The molecule has 2 atom stereocenters. The molecule has 1 amide bonds. The minimum atomic E-state index is -0.831. The van der Waals surface area contributed by atoms with E-state index in [9.17, 15) is 14.7 Å². The topological polar surface area (TPSA) is 70.1 Å². The molecule has 0 unspecified atom stereocenters. The van der Waals surface area contributed by atoms with E-state index in [4.69, 9.17) is 4.74 Å². The SMILES string of the molecule is COCC(=O)N1C[C@@H]2CN(C3CCc4ccccc4CC3)C[C@]2(C(=O)O)C1. The first kappa shape index (κ1) is 18.4. The number of rotatable bonds is 4. The van der Waals surface area contributed by atoms with Crippen LogP contribution in [0.2, 0.25) is 0 Å². The third-order valence-electron chi connectivity index (χ3n) is 6.81. The predicted octanol–water partition coefficient (Wildman–Crippen LogP) is 1.43. The zero-order valence-corrected chi connectivity index (χ0v) is 15.9. The molecule has 0 aromatic heterocycles. The number of benzene rings is 1. The van der Waals surface area contributed by atoms with E-state index in [0.717, 1.165) is 32.2 Å². The van der Waals surface area contributed by atoms with Crippen LogP contribution in [0.25, 0.3) is 0 Å². The number of aliphatic carboxylic acids is 1. The number of carboxylic acids is 1. The van der Waals surface area contributed by atoms with Crippen molar-refractivity contribution in [2.75, 3.05) is 39.9 Å². The molecular weight excluding hydrogens is 344 g/mol. The second kappa shape index (κ2) is 7.24. The Hall–Kier alpha value is -1.92. The van der Waals surface area contributed by atoms with Gasteiger partial charge in [-0.05, 0) is 36.8 Å². The van der Waals surface area contributed by atoms with Crippen LogP contribution in [0.5, 0.6) is 0 Å². The van der Waals surface area contributed by atoms with Gasteiger partial charge in [-0.15, -0.1) is 0 Å². The smallest absolute Gasteiger partial charge is 0.313 e. The van der Waals surface area contributed by atoms with Gasteiger partial charge < -0.3 is 14.7 Å². The van der Waals surface area contributed by atoms with Gasteiger partial charge in [-0.3, -0.25) is 14.5 Å². The van der Waals surface area contributed by atoms with Crippen LogP contribution >= 0.6 is 0 Å². The van der Waals surface area contributed by atoms with Crippen molar-refractivity contribution >= 4 is 11.9 Å². The number of nitrogens with zero attached hydrogens (tertiary/aromatic N) is 2. The van der Waals surface area contributed by atoms with Gasteiger partial charge in [-0.1, -0.05) is 24.3 Å². The summed E-state index contributed by atoms with van der Waals surface area (Å²) in [4.78, 5) is 28.5. The van der Waals surface area contributed by atoms with E-state index in [2.05, 4.69) is 29.2 Å². The summed E-state index contributed by atoms with van der Waals surface area (Å²) in [6.45, 7) is 2.17. The van der Waals surface area contributed by atoms with Crippen molar-refractivity contribution in [3.05, 3.63) is 35.4 Å². The van der Waals surface area contributed by atoms with Gasteiger partial charge in [0.15, 0.2) is 0 Å². The van der Waals surface area contributed by atoms with Crippen LogP contribution in [-0.2, 0) is 27.2 Å². The molecule has 2 heterocycles. The van der Waals surface area contributed by atoms with E-state index < -0.39 is 11.4 Å². The molecule has 146 valence electrons. The zero-order valence-electron chi connectivity index (χ0n) is 15.9. The van der Waals surface area contributed by atoms with Crippen molar-refractivity contribution in [3.63, 3.8) is 0 Å². The van der Waals surface area contributed by atoms with E-state index in [1.54, 1.807) is 4.90 Å². The van der Waals surface area contributed by atoms with E-state index >= 15 is 0 Å². The highest BCUT2D eigenvalue weighted by Gasteiger charge is 2.59. The number of hydrogen-bond donors (Lipinski definition) is 1. The number of amides is 1. The molecule has 6 heteroatoms. The van der Waals surface area contributed by atoms with Gasteiger partial charge in [-0.2, -0.15) is 0 Å². The molecule has 1 aromatic rings. The number of carbonyl (C=O) groups excluding carboxylic acids is 1. The van der Waals surface area contributed by atoms with E-state index in [0.29, 0.717) is 25.7 Å². The van der Waals surface area contributed by atoms with Crippen molar-refractivity contribution in [1.82, 2.24) is 9.80 Å². The maximum atomic E-state index is 12.2. The standard InChI is InChI=1S/C21H28N2O4/c1-27-12-19(24)23-11-17-10-22(13-21(17,14-23)20(25)26)18-8-6-15-4-2-3-5-16(15)7-9-18/h2-5,17-18H,6-14H2,1H3,(H,25,26)/t17-,21-/m0/s1. The number of likely N-dealkylation sites (tertiary alicyclic amines) is 2. The Labute approximate surface area is 160 Å². The van der Waals surface area contributed by atoms with Gasteiger partial charge in [-0.25, -0.2) is 0 Å². The number of methoxy groups -OCH3 is 1. The van der Waals surface area contributed by atoms with Crippen LogP contribution < -0.4 is 0 Å². The van der Waals surface area contributed by atoms with Gasteiger partial charge in [0.2, 0.25) is 5.91 Å². The molecule has 0 saturated carbocycles. The quantitative estimate of drug-likeness (QED) is 0.810. The summed E-state index contributed by atoms with van der Waals surface area (Å²) >= 11 is 0. The third-order valence-corrected chi connectivity index (χ3v) is 6.81. The minimum Gasteiger partial charge on any atom is -0.481 e. The van der Waals surface area contributed by atoms with Crippen LogP contribution in [0.15, 0.2) is 24.3 Å². The Kier molecular flexibility index (Phi) is 4.95. The highest BCUT2D eigenvalue weighted by Crippen LogP contribution is 2.44. The van der Waals surface area contributed by atoms with Crippen LogP contribution in [0, 0.1) is 11.3 Å². The van der Waals surface area contributed by atoms with Crippen molar-refractivity contribution in [3.8, 4) is 0 Å². The average Bonchev–Trinajstić information content (AvgIpc) is 3.10. The minimum absolute atomic E-state index is 0.00133. The summed E-state index contributed by atoms with van der Waals surface area (Å²) in [5, 5.41) is 10.0. The lowest BCUT2D eigenvalue weighted by molar-refractivity contribution is -0.149. The zero-order chi connectivity index (χ0) is 19.0. The molecule has 1 N–H and O–H groups in total. The van der Waals surface area contributed by atoms with Crippen molar-refractivity contribution in [1.29, 1.82) is 0 Å². The molecular formula is C21H28N2O4. The van der Waals surface area contributed by atoms with E-state index in [1.807, 2.05) is 0 Å². The molecule has 0 bridgehead atoms. The predicted molar refractivity (Wildman–Crippen MR) is 100 cm³/mol. The summed E-state index contributed by atoms with van der Waals surface area (Å²) in [7, 11) is 1.49. The summed E-state index contributed by atoms with van der Waals surface area (Å²) in [6.07, 6.45) is 4.26. The normalized spacial score (nSPS) is 28.6. The number of hydrogen-bond acceptors (Lipinski definition) is 4. The van der Waals surface area contributed by atoms with Crippen molar-refractivity contribution in [2.45, 2.75) is 31.7 Å². The first-order chi connectivity index (χ1) is 13.0. The van der Waals surface area contributed by atoms with E-state index in [1.165, 1.54) is 18.2 Å². The molecule has 2 aliphatic heterocycles. The van der Waals surface area contributed by atoms with Crippen LogP contribution in [0.1, 0.15) is 24.0 Å². The number of ether oxygens (including phenoxy) is 1. The fourth-order valence-electron chi connectivity index (χ4n) is 5.29. The summed E-state index contributed by atoms with van der Waals surface area (Å²) < 4.78 is 4.94. The number of aryl methyl sites for hydroxylation is 2. The molecule has 1 aromatic carbocycles. The summed E-state index contributed by atoms with van der Waals surface area (Å²) in [6, 6.07) is 9.06. The van der Waals surface area contributed by atoms with Crippen LogP contribution in [0.3, 0.4) is 0 Å². The third kappa shape index (κ3) is 3.25. The Bertz CT molecular complexity index is 710. The van der Waals surface area contributed by atoms with E-state index in [-0.39, 0.29) is 18.4 Å². The fourth-order valence-corrected chi connectivity index (χ4v) is 5.29. The second-order valence-electron chi connectivity index (χ2n) is 8.29. The van der Waals surface area contributed by atoms with Gasteiger partial charge in [0.05, 0.1) is 0 Å². The molecule has 27 heavy (non-hydrogen) atoms. The van der Waals surface area contributed by atoms with Gasteiger partial charge in [0.1, 0.15) is 12.0 Å². The number of carboxylic acid groups (broad SMARTS) is 1. The highest BCUT2D eigenvalue weighted by molar-refractivity contribution is 5.82. The Balaban J connectivity index is 1.46. The molecule has 2 saturated heterocycles. The van der Waals surface area contributed by atoms with Crippen molar-refractivity contribution in [2.24, 2.45) is 11.3 Å². The Morgan fingerprint density at radius 3 is 2.37 bits per heavy atom. The summed E-state index contributed by atoms with van der Waals surface area (Å²) in [5.74, 6) is -0.870. The molecule has 2 fully saturated rings. The van der Waals surface area contributed by atoms with Gasteiger partial charge in [0.25, 0.3) is 0 Å². The van der Waals surface area contributed by atoms with Crippen LogP contribution in [0.4, 0.5) is 0 Å². The first-order valence-corrected chi connectivity index (χ1v) is 9.84. The molecule has 3 aliphatic rings. The lowest BCUT2D eigenvalue weighted by Crippen LogP contribution is -2.44. The van der Waals surface area contributed by atoms with Gasteiger partial charge >= 0.3 is 5.97 Å². The number of carbonyl (C=O) groups is 2. The second-order valence-corrected chi connectivity index (χ2v) is 8.29. The maximum Gasteiger partial charge on any atom is 0.313 e. The molecule has 4 rings (SSSR count). The largest absolute Gasteiger partial charge is 0.481 e. The maximum absolute atomic E-state index is 12.2. The Morgan fingerprint density at radius 2 is 1.81 bits per heavy atom. The lowest BCUT2D eigenvalue weighted by atomic mass is 9.81. The molecule has 0 spiro atoms. The summed E-state index contributed by atoms with van der Waals surface area (Å²) in [5.41, 5.74) is 2.04. The fraction of sp³-hybridized carbons (Fsp3) is 0.619. The number of fused-ring (bicyclic) bond motifs is 2.